The predicted octanol–water partition coefficient (Wildman–Crippen LogP) is 3.04. The van der Waals surface area contributed by atoms with Crippen molar-refractivity contribution in [3.05, 3.63) is 24.4 Å². The van der Waals surface area contributed by atoms with Crippen molar-refractivity contribution < 1.29 is 9.90 Å². The minimum Gasteiger partial charge on any atom is -0.465 e. The Hall–Kier alpha value is -0.380. The lowest BCUT2D eigenvalue weighted by atomic mass is 10.4. The van der Waals surface area contributed by atoms with Crippen LogP contribution in [0.1, 0.15) is 0 Å². The highest BCUT2D eigenvalue weighted by Crippen LogP contribution is 2.03. The molecule has 0 aromatic carbocycles. The molecule has 0 aliphatic carbocycles. The summed E-state index contributed by atoms with van der Waals surface area (Å²) in [5, 5.41) is 8.38. The Morgan fingerprint density at radius 1 is 1.38 bits per heavy atom. The van der Waals surface area contributed by atoms with Gasteiger partial charge >= 0.3 is 6.09 Å². The van der Waals surface area contributed by atoms with Crippen LogP contribution in [0.5, 0.6) is 0 Å². The van der Waals surface area contributed by atoms with E-state index < -0.39 is 10.4 Å². The number of hydrogen-bond donors (Lipinski definition) is 1. The summed E-state index contributed by atoms with van der Waals surface area (Å²) in [6.07, 6.45) is 5.92. The second-order valence-corrected chi connectivity index (χ2v) is 3.93. The minimum atomic E-state index is -0.907. The topological polar surface area (TPSA) is 40.5 Å². The molecule has 3 nitrogen and oxygen atoms in total. The molecule has 0 aromatic heterocycles. The van der Waals surface area contributed by atoms with Crippen LogP contribution in [0.15, 0.2) is 24.4 Å². The van der Waals surface area contributed by atoms with E-state index in [1.807, 2.05) is 6.08 Å². The molecule has 1 heterocycles. The SMILES string of the molecule is ClC(Cl)Cl.O=C(O)N1C=CC=CC1. The van der Waals surface area contributed by atoms with Crippen molar-refractivity contribution in [2.75, 3.05) is 6.54 Å². The monoisotopic (exact) mass is 243 g/mol. The fourth-order valence-electron chi connectivity index (χ4n) is 0.609. The first kappa shape index (κ1) is 12.6. The van der Waals surface area contributed by atoms with Gasteiger partial charge in [-0.1, -0.05) is 47.0 Å². The summed E-state index contributed by atoms with van der Waals surface area (Å²) in [6, 6.07) is 0. The van der Waals surface area contributed by atoms with Crippen LogP contribution in [0.25, 0.3) is 0 Å². The molecule has 0 aromatic rings. The molecule has 0 atom stereocenters. The standard InChI is InChI=1S/C6H7NO2.CHCl3/c8-6(9)7-4-2-1-3-5-7;2-1(3)4/h1-4H,5H2,(H,8,9);1H. The molecular weight excluding hydrogens is 236 g/mol. The van der Waals surface area contributed by atoms with E-state index in [2.05, 4.69) is 0 Å². The van der Waals surface area contributed by atoms with Gasteiger partial charge in [-0.2, -0.15) is 0 Å². The molecule has 0 unspecified atom stereocenters. The molecule has 0 saturated carbocycles. The number of alkyl halides is 3. The quantitative estimate of drug-likeness (QED) is 0.665. The molecule has 0 bridgehead atoms. The molecule has 0 fully saturated rings. The van der Waals surface area contributed by atoms with E-state index in [9.17, 15) is 4.79 Å². The number of nitrogens with zero attached hydrogens (tertiary/aromatic N) is 1. The van der Waals surface area contributed by atoms with Crippen molar-refractivity contribution in [3.63, 3.8) is 0 Å². The third-order valence-electron chi connectivity index (χ3n) is 1.06. The number of amides is 1. The van der Waals surface area contributed by atoms with Gasteiger partial charge in [-0.15, -0.1) is 0 Å². The zero-order valence-electron chi connectivity index (χ0n) is 6.53. The van der Waals surface area contributed by atoms with Gasteiger partial charge in [-0.05, 0) is 6.08 Å². The van der Waals surface area contributed by atoms with Crippen LogP contribution in [0.2, 0.25) is 0 Å². The summed E-state index contributed by atoms with van der Waals surface area (Å²) in [7, 11) is 0. The molecule has 1 amide bonds. The average molecular weight is 245 g/mol. The fourth-order valence-corrected chi connectivity index (χ4v) is 0.609. The maximum Gasteiger partial charge on any atom is 0.411 e. The van der Waals surface area contributed by atoms with Crippen molar-refractivity contribution in [1.29, 1.82) is 0 Å². The zero-order valence-corrected chi connectivity index (χ0v) is 8.80. The van der Waals surface area contributed by atoms with Gasteiger partial charge in [0.25, 0.3) is 0 Å². The molecular formula is C7H8Cl3NO2. The van der Waals surface area contributed by atoms with E-state index in [1.54, 1.807) is 12.2 Å². The van der Waals surface area contributed by atoms with E-state index in [-0.39, 0.29) is 0 Å². The molecule has 74 valence electrons. The molecule has 1 N–H and O–H groups in total. The third-order valence-corrected chi connectivity index (χ3v) is 1.06. The number of hydrogen-bond acceptors (Lipinski definition) is 1. The molecule has 6 heteroatoms. The van der Waals surface area contributed by atoms with E-state index in [0.717, 1.165) is 0 Å². The summed E-state index contributed by atoms with van der Waals surface area (Å²) in [5.74, 6) is 0. The van der Waals surface area contributed by atoms with Crippen LogP contribution in [-0.4, -0.2) is 26.9 Å². The third kappa shape index (κ3) is 7.96. The van der Waals surface area contributed by atoms with Gasteiger partial charge in [-0.25, -0.2) is 4.79 Å². The van der Waals surface area contributed by atoms with Gasteiger partial charge in [-0.3, -0.25) is 4.90 Å². The lowest BCUT2D eigenvalue weighted by Crippen LogP contribution is -2.24. The first-order chi connectivity index (χ1) is 6.04. The Labute approximate surface area is 91.2 Å². The van der Waals surface area contributed by atoms with Crippen LogP contribution in [0.3, 0.4) is 0 Å². The van der Waals surface area contributed by atoms with E-state index in [1.165, 1.54) is 11.1 Å². The van der Waals surface area contributed by atoms with Gasteiger partial charge in [0, 0.05) is 12.7 Å². The Balaban J connectivity index is 0.000000310. The molecule has 1 aliphatic heterocycles. The Bertz CT molecular complexity index is 213. The van der Waals surface area contributed by atoms with Crippen molar-refractivity contribution in [2.24, 2.45) is 0 Å². The summed E-state index contributed by atoms with van der Waals surface area (Å²) >= 11 is 14.4. The highest BCUT2D eigenvalue weighted by Gasteiger charge is 2.05. The van der Waals surface area contributed by atoms with Gasteiger partial charge in [0.15, 0.2) is 4.30 Å². The maximum atomic E-state index is 10.2. The summed E-state index contributed by atoms with van der Waals surface area (Å²) < 4.78 is -0.750. The maximum absolute atomic E-state index is 10.2. The van der Waals surface area contributed by atoms with Crippen molar-refractivity contribution >= 4 is 40.9 Å². The van der Waals surface area contributed by atoms with Crippen molar-refractivity contribution in [3.8, 4) is 0 Å². The largest absolute Gasteiger partial charge is 0.465 e. The summed E-state index contributed by atoms with van der Waals surface area (Å²) in [5.41, 5.74) is 0. The average Bonchev–Trinajstić information content (AvgIpc) is 2.05. The fraction of sp³-hybridized carbons (Fsp3) is 0.286. The van der Waals surface area contributed by atoms with Crippen molar-refractivity contribution in [2.45, 2.75) is 4.30 Å². The van der Waals surface area contributed by atoms with Crippen LogP contribution in [0, 0.1) is 0 Å². The lowest BCUT2D eigenvalue weighted by Gasteiger charge is -2.12. The van der Waals surface area contributed by atoms with E-state index in [4.69, 9.17) is 39.9 Å². The number of halogens is 3. The molecule has 0 spiro atoms. The molecule has 1 rings (SSSR count). The van der Waals surface area contributed by atoms with Gasteiger partial charge < -0.3 is 5.11 Å². The van der Waals surface area contributed by atoms with Gasteiger partial charge in [0.05, 0.1) is 0 Å². The second-order valence-electron chi connectivity index (χ2n) is 1.95. The Morgan fingerprint density at radius 2 is 1.92 bits per heavy atom. The zero-order chi connectivity index (χ0) is 10.3. The van der Waals surface area contributed by atoms with Crippen LogP contribution < -0.4 is 0 Å². The highest BCUT2D eigenvalue weighted by molar-refractivity contribution is 6.63. The number of carbonyl (C=O) groups is 1. The van der Waals surface area contributed by atoms with E-state index in [0.29, 0.717) is 6.54 Å². The smallest absolute Gasteiger partial charge is 0.411 e. The van der Waals surface area contributed by atoms with E-state index >= 15 is 0 Å². The number of carboxylic acid groups (broad SMARTS) is 1. The minimum absolute atomic E-state index is 0.464. The Morgan fingerprint density at radius 3 is 2.15 bits per heavy atom. The molecule has 0 saturated heterocycles. The Kier molecular flexibility index (Phi) is 6.86. The lowest BCUT2D eigenvalue weighted by molar-refractivity contribution is 0.166. The summed E-state index contributed by atoms with van der Waals surface area (Å²) in [6.45, 7) is 0.464. The van der Waals surface area contributed by atoms with Gasteiger partial charge in [0.2, 0.25) is 0 Å². The highest BCUT2D eigenvalue weighted by atomic mass is 35.6. The first-order valence-electron chi connectivity index (χ1n) is 3.29. The molecule has 0 radical (unpaired) electrons. The predicted molar refractivity (Wildman–Crippen MR) is 54.4 cm³/mol. The normalized spacial score (nSPS) is 14.0. The second kappa shape index (κ2) is 7.06. The number of allylic oxidation sites excluding steroid dienone is 2. The summed E-state index contributed by atoms with van der Waals surface area (Å²) in [4.78, 5) is 11.4. The van der Waals surface area contributed by atoms with Gasteiger partial charge in [0.1, 0.15) is 0 Å². The molecule has 13 heavy (non-hydrogen) atoms. The van der Waals surface area contributed by atoms with Crippen molar-refractivity contribution in [1.82, 2.24) is 4.90 Å². The number of rotatable bonds is 0. The molecule has 1 aliphatic rings. The van der Waals surface area contributed by atoms with Crippen LogP contribution >= 0.6 is 34.8 Å². The van der Waals surface area contributed by atoms with Crippen LogP contribution in [-0.2, 0) is 0 Å². The first-order valence-corrected chi connectivity index (χ1v) is 4.60. The van der Waals surface area contributed by atoms with Crippen LogP contribution in [0.4, 0.5) is 4.79 Å².